The molecule has 2 rings (SSSR count). The van der Waals surface area contributed by atoms with Crippen LogP contribution >= 0.6 is 11.3 Å². The van der Waals surface area contributed by atoms with Crippen LogP contribution in [0.4, 0.5) is 0 Å². The van der Waals surface area contributed by atoms with E-state index in [1.54, 1.807) is 0 Å². The third kappa shape index (κ3) is 4.17. The van der Waals surface area contributed by atoms with Gasteiger partial charge in [-0.15, -0.1) is 11.3 Å². The third-order valence-electron chi connectivity index (χ3n) is 3.70. The van der Waals surface area contributed by atoms with Gasteiger partial charge in [-0.25, -0.2) is 0 Å². The maximum Gasteiger partial charge on any atom is 0.0755 e. The minimum absolute atomic E-state index is 0.163. The van der Waals surface area contributed by atoms with Gasteiger partial charge in [0.15, 0.2) is 0 Å². The zero-order valence-electron chi connectivity index (χ0n) is 14.1. The van der Waals surface area contributed by atoms with E-state index in [0.29, 0.717) is 0 Å². The standard InChI is InChI=1S/C17H27N3S/c1-7-16-12(2)19-20(13(16)3)11-15-9-8-14(21-15)10-18-17(4,5)6/h8-9,18H,7,10-11H2,1-6H3. The van der Waals surface area contributed by atoms with Crippen molar-refractivity contribution in [1.29, 1.82) is 0 Å². The van der Waals surface area contributed by atoms with E-state index in [1.807, 2.05) is 11.3 Å². The Morgan fingerprint density at radius 1 is 1.19 bits per heavy atom. The lowest BCUT2D eigenvalue weighted by atomic mass is 10.1. The summed E-state index contributed by atoms with van der Waals surface area (Å²) in [6, 6.07) is 4.46. The van der Waals surface area contributed by atoms with E-state index in [2.05, 4.69) is 68.8 Å². The van der Waals surface area contributed by atoms with Crippen molar-refractivity contribution in [3.05, 3.63) is 38.8 Å². The number of aryl methyl sites for hydroxylation is 1. The molecule has 0 fully saturated rings. The highest BCUT2D eigenvalue weighted by molar-refractivity contribution is 7.11. The number of thiophene rings is 1. The number of hydrogen-bond acceptors (Lipinski definition) is 3. The smallest absolute Gasteiger partial charge is 0.0755 e. The van der Waals surface area contributed by atoms with Gasteiger partial charge in [-0.1, -0.05) is 6.92 Å². The van der Waals surface area contributed by atoms with E-state index in [1.165, 1.54) is 26.7 Å². The summed E-state index contributed by atoms with van der Waals surface area (Å²) >= 11 is 1.88. The minimum atomic E-state index is 0.163. The van der Waals surface area contributed by atoms with Crippen molar-refractivity contribution < 1.29 is 0 Å². The van der Waals surface area contributed by atoms with Gasteiger partial charge in [0.2, 0.25) is 0 Å². The fraction of sp³-hybridized carbons (Fsp3) is 0.588. The van der Waals surface area contributed by atoms with Crippen LogP contribution in [0.5, 0.6) is 0 Å². The number of nitrogens with zero attached hydrogens (tertiary/aromatic N) is 2. The second-order valence-electron chi connectivity index (χ2n) is 6.63. The van der Waals surface area contributed by atoms with E-state index < -0.39 is 0 Å². The fourth-order valence-electron chi connectivity index (χ4n) is 2.50. The molecule has 4 heteroatoms. The molecule has 0 radical (unpaired) electrons. The van der Waals surface area contributed by atoms with Crippen LogP contribution < -0.4 is 5.32 Å². The summed E-state index contributed by atoms with van der Waals surface area (Å²) in [7, 11) is 0. The largest absolute Gasteiger partial charge is 0.307 e. The zero-order valence-corrected chi connectivity index (χ0v) is 14.9. The summed E-state index contributed by atoms with van der Waals surface area (Å²) in [5, 5.41) is 8.22. The molecule has 0 bridgehead atoms. The minimum Gasteiger partial charge on any atom is -0.307 e. The Morgan fingerprint density at radius 2 is 1.86 bits per heavy atom. The first-order valence-corrected chi connectivity index (χ1v) is 8.47. The maximum atomic E-state index is 4.68. The molecule has 3 nitrogen and oxygen atoms in total. The highest BCUT2D eigenvalue weighted by atomic mass is 32.1. The number of nitrogens with one attached hydrogen (secondary N) is 1. The molecule has 0 aromatic carbocycles. The Labute approximate surface area is 132 Å². The first-order chi connectivity index (χ1) is 9.80. The van der Waals surface area contributed by atoms with Crippen LogP contribution in [0.2, 0.25) is 0 Å². The molecule has 0 spiro atoms. The Morgan fingerprint density at radius 3 is 2.43 bits per heavy atom. The fourth-order valence-corrected chi connectivity index (χ4v) is 3.44. The first-order valence-electron chi connectivity index (χ1n) is 7.65. The predicted octanol–water partition coefficient (Wildman–Crippen LogP) is 4.06. The summed E-state index contributed by atoms with van der Waals surface area (Å²) in [5.74, 6) is 0. The van der Waals surface area contributed by atoms with Gasteiger partial charge < -0.3 is 5.32 Å². The van der Waals surface area contributed by atoms with Crippen molar-refractivity contribution in [3.8, 4) is 0 Å². The van der Waals surface area contributed by atoms with Crippen LogP contribution in [0.15, 0.2) is 12.1 Å². The van der Waals surface area contributed by atoms with E-state index in [4.69, 9.17) is 0 Å². The molecule has 0 atom stereocenters. The van der Waals surface area contributed by atoms with Crippen LogP contribution in [0.1, 0.15) is 54.4 Å². The summed E-state index contributed by atoms with van der Waals surface area (Å²) in [4.78, 5) is 2.76. The molecular formula is C17H27N3S. The average Bonchev–Trinajstić information content (AvgIpc) is 2.93. The molecule has 0 aliphatic heterocycles. The van der Waals surface area contributed by atoms with Gasteiger partial charge in [0.1, 0.15) is 0 Å². The number of rotatable bonds is 5. The second-order valence-corrected chi connectivity index (χ2v) is 7.89. The lowest BCUT2D eigenvalue weighted by Gasteiger charge is -2.19. The normalized spacial score (nSPS) is 12.1. The molecule has 2 aromatic heterocycles. The third-order valence-corrected chi connectivity index (χ3v) is 4.77. The molecule has 0 saturated heterocycles. The van der Waals surface area contributed by atoms with Crippen molar-refractivity contribution in [2.75, 3.05) is 0 Å². The van der Waals surface area contributed by atoms with Gasteiger partial charge in [-0.2, -0.15) is 5.10 Å². The van der Waals surface area contributed by atoms with Gasteiger partial charge in [-0.05, 0) is 58.7 Å². The van der Waals surface area contributed by atoms with Crippen LogP contribution in [-0.2, 0) is 19.5 Å². The summed E-state index contributed by atoms with van der Waals surface area (Å²) in [6.45, 7) is 14.9. The molecule has 0 aliphatic rings. The highest BCUT2D eigenvalue weighted by Gasteiger charge is 2.12. The zero-order chi connectivity index (χ0) is 15.6. The Balaban J connectivity index is 2.06. The van der Waals surface area contributed by atoms with E-state index in [-0.39, 0.29) is 5.54 Å². The van der Waals surface area contributed by atoms with E-state index in [9.17, 15) is 0 Å². The summed E-state index contributed by atoms with van der Waals surface area (Å²) in [6.07, 6.45) is 1.06. The topological polar surface area (TPSA) is 29.9 Å². The summed E-state index contributed by atoms with van der Waals surface area (Å²) < 4.78 is 2.14. The van der Waals surface area contributed by atoms with E-state index >= 15 is 0 Å². The van der Waals surface area contributed by atoms with Crippen molar-refractivity contribution in [3.63, 3.8) is 0 Å². The van der Waals surface area contributed by atoms with Crippen molar-refractivity contribution >= 4 is 11.3 Å². The molecule has 0 saturated carbocycles. The van der Waals surface area contributed by atoms with Crippen molar-refractivity contribution in [1.82, 2.24) is 15.1 Å². The molecule has 21 heavy (non-hydrogen) atoms. The molecule has 2 heterocycles. The van der Waals surface area contributed by atoms with Crippen LogP contribution in [0.25, 0.3) is 0 Å². The van der Waals surface area contributed by atoms with Crippen LogP contribution in [0, 0.1) is 13.8 Å². The monoisotopic (exact) mass is 305 g/mol. The first kappa shape index (κ1) is 16.2. The van der Waals surface area contributed by atoms with Crippen LogP contribution in [0.3, 0.4) is 0 Å². The average molecular weight is 305 g/mol. The van der Waals surface area contributed by atoms with Gasteiger partial charge in [0, 0.05) is 27.5 Å². The quantitative estimate of drug-likeness (QED) is 0.903. The Hall–Kier alpha value is -1.13. The van der Waals surface area contributed by atoms with E-state index in [0.717, 1.165) is 19.5 Å². The molecule has 0 unspecified atom stereocenters. The van der Waals surface area contributed by atoms with Gasteiger partial charge in [-0.3, -0.25) is 4.68 Å². The molecule has 0 amide bonds. The molecular weight excluding hydrogens is 278 g/mol. The highest BCUT2D eigenvalue weighted by Crippen LogP contribution is 2.21. The van der Waals surface area contributed by atoms with Crippen molar-refractivity contribution in [2.24, 2.45) is 0 Å². The summed E-state index contributed by atoms with van der Waals surface area (Å²) in [5.41, 5.74) is 4.02. The lowest BCUT2D eigenvalue weighted by Crippen LogP contribution is -2.34. The SMILES string of the molecule is CCc1c(C)nn(Cc2ccc(CNC(C)(C)C)s2)c1C. The molecule has 116 valence electrons. The number of aromatic nitrogens is 2. The Kier molecular flexibility index (Phi) is 4.89. The molecule has 0 aliphatic carbocycles. The number of hydrogen-bond donors (Lipinski definition) is 1. The van der Waals surface area contributed by atoms with Crippen molar-refractivity contribution in [2.45, 2.75) is 66.6 Å². The maximum absolute atomic E-state index is 4.68. The van der Waals surface area contributed by atoms with Gasteiger partial charge >= 0.3 is 0 Å². The Bertz CT molecular complexity index is 602. The predicted molar refractivity (Wildman–Crippen MR) is 91.1 cm³/mol. The molecule has 2 aromatic rings. The van der Waals surface area contributed by atoms with Gasteiger partial charge in [0.05, 0.1) is 12.2 Å². The lowest BCUT2D eigenvalue weighted by molar-refractivity contribution is 0.426. The molecule has 1 N–H and O–H groups in total. The second kappa shape index (κ2) is 6.32. The van der Waals surface area contributed by atoms with Crippen LogP contribution in [-0.4, -0.2) is 15.3 Å². The van der Waals surface area contributed by atoms with Gasteiger partial charge in [0.25, 0.3) is 0 Å².